The highest BCUT2D eigenvalue weighted by Crippen LogP contribution is 2.31. The molecule has 0 aromatic carbocycles. The first-order valence-electron chi connectivity index (χ1n) is 8.42. The van der Waals surface area contributed by atoms with Gasteiger partial charge in [-0.1, -0.05) is 6.92 Å². The van der Waals surface area contributed by atoms with Crippen LogP contribution in [0.4, 0.5) is 0 Å². The van der Waals surface area contributed by atoms with Crippen LogP contribution >= 0.6 is 0 Å². The summed E-state index contributed by atoms with van der Waals surface area (Å²) in [7, 11) is 0. The monoisotopic (exact) mass is 283 g/mol. The highest BCUT2D eigenvalue weighted by Gasteiger charge is 2.40. The zero-order chi connectivity index (χ0) is 14.6. The molecule has 0 bridgehead atoms. The predicted molar refractivity (Wildman–Crippen MR) is 83.9 cm³/mol. The Labute approximate surface area is 124 Å². The Balaban J connectivity index is 2.04. The van der Waals surface area contributed by atoms with Crippen molar-refractivity contribution in [3.8, 4) is 0 Å². The molecule has 3 unspecified atom stereocenters. The van der Waals surface area contributed by atoms with Gasteiger partial charge < -0.3 is 15.4 Å². The molecule has 0 aromatic heterocycles. The van der Waals surface area contributed by atoms with Crippen LogP contribution in [-0.4, -0.2) is 66.8 Å². The quantitative estimate of drug-likeness (QED) is 0.852. The standard InChI is InChI=1S/C16H33N3O/c1-4-8-18-9-5-6-16(13-17,7-10-18)19-11-14(2)20-15(3)12-19/h14-15H,4-13,17H2,1-3H3. The summed E-state index contributed by atoms with van der Waals surface area (Å²) < 4.78 is 5.89. The topological polar surface area (TPSA) is 41.7 Å². The van der Waals surface area contributed by atoms with Gasteiger partial charge in [-0.3, -0.25) is 4.90 Å². The zero-order valence-electron chi connectivity index (χ0n) is 13.6. The molecular weight excluding hydrogens is 250 g/mol. The van der Waals surface area contributed by atoms with E-state index >= 15 is 0 Å². The van der Waals surface area contributed by atoms with E-state index < -0.39 is 0 Å². The minimum Gasteiger partial charge on any atom is -0.373 e. The van der Waals surface area contributed by atoms with E-state index in [4.69, 9.17) is 10.5 Å². The fourth-order valence-corrected chi connectivity index (χ4v) is 3.99. The molecule has 2 aliphatic heterocycles. The van der Waals surface area contributed by atoms with Crippen molar-refractivity contribution in [1.29, 1.82) is 0 Å². The predicted octanol–water partition coefficient (Wildman–Crippen LogP) is 1.69. The summed E-state index contributed by atoms with van der Waals surface area (Å²) in [6.45, 7) is 13.2. The van der Waals surface area contributed by atoms with Gasteiger partial charge in [0.1, 0.15) is 0 Å². The number of morpholine rings is 1. The van der Waals surface area contributed by atoms with E-state index in [-0.39, 0.29) is 5.54 Å². The van der Waals surface area contributed by atoms with Crippen LogP contribution < -0.4 is 5.73 Å². The van der Waals surface area contributed by atoms with Crippen molar-refractivity contribution >= 4 is 0 Å². The summed E-state index contributed by atoms with van der Waals surface area (Å²) in [6.07, 6.45) is 5.64. The molecule has 20 heavy (non-hydrogen) atoms. The third-order valence-corrected chi connectivity index (χ3v) is 5.02. The lowest BCUT2D eigenvalue weighted by molar-refractivity contribution is -0.103. The Kier molecular flexibility index (Phi) is 5.84. The molecule has 2 rings (SSSR count). The highest BCUT2D eigenvalue weighted by atomic mass is 16.5. The van der Waals surface area contributed by atoms with Crippen molar-refractivity contribution in [2.45, 2.75) is 64.2 Å². The van der Waals surface area contributed by atoms with Gasteiger partial charge in [-0.2, -0.15) is 0 Å². The summed E-state index contributed by atoms with van der Waals surface area (Å²) >= 11 is 0. The fourth-order valence-electron chi connectivity index (χ4n) is 3.99. The molecule has 0 aliphatic carbocycles. The van der Waals surface area contributed by atoms with Crippen LogP contribution in [0.1, 0.15) is 46.5 Å². The minimum absolute atomic E-state index is 0.203. The third-order valence-electron chi connectivity index (χ3n) is 5.02. The largest absolute Gasteiger partial charge is 0.373 e. The summed E-state index contributed by atoms with van der Waals surface area (Å²) in [4.78, 5) is 5.26. The molecule has 4 heteroatoms. The third kappa shape index (κ3) is 3.73. The van der Waals surface area contributed by atoms with Crippen molar-refractivity contribution in [1.82, 2.24) is 9.80 Å². The molecule has 2 fully saturated rings. The number of ether oxygens (including phenoxy) is 1. The lowest BCUT2D eigenvalue weighted by Crippen LogP contribution is -2.60. The van der Waals surface area contributed by atoms with Crippen LogP contribution in [0, 0.1) is 0 Å². The van der Waals surface area contributed by atoms with Gasteiger partial charge in [0, 0.05) is 25.2 Å². The van der Waals surface area contributed by atoms with Crippen LogP contribution in [-0.2, 0) is 4.74 Å². The van der Waals surface area contributed by atoms with Gasteiger partial charge in [-0.15, -0.1) is 0 Å². The molecule has 0 amide bonds. The van der Waals surface area contributed by atoms with Crippen LogP contribution in [0.2, 0.25) is 0 Å². The number of nitrogens with zero attached hydrogens (tertiary/aromatic N) is 2. The average Bonchev–Trinajstić information content (AvgIpc) is 2.61. The molecule has 3 atom stereocenters. The van der Waals surface area contributed by atoms with Crippen LogP contribution in [0.15, 0.2) is 0 Å². The van der Waals surface area contributed by atoms with Crippen molar-refractivity contribution in [2.75, 3.05) is 39.3 Å². The molecule has 2 heterocycles. The van der Waals surface area contributed by atoms with Gasteiger partial charge in [-0.05, 0) is 59.2 Å². The molecular formula is C16H33N3O. The van der Waals surface area contributed by atoms with E-state index in [2.05, 4.69) is 30.6 Å². The summed E-state index contributed by atoms with van der Waals surface area (Å²) in [5.41, 5.74) is 6.45. The Morgan fingerprint density at radius 3 is 2.45 bits per heavy atom. The Morgan fingerprint density at radius 2 is 1.85 bits per heavy atom. The summed E-state index contributed by atoms with van der Waals surface area (Å²) in [5, 5.41) is 0. The molecule has 0 spiro atoms. The van der Waals surface area contributed by atoms with Gasteiger partial charge in [0.2, 0.25) is 0 Å². The zero-order valence-corrected chi connectivity index (χ0v) is 13.6. The van der Waals surface area contributed by atoms with E-state index in [1.54, 1.807) is 0 Å². The Bertz CT molecular complexity index is 289. The fraction of sp³-hybridized carbons (Fsp3) is 1.00. The maximum Gasteiger partial charge on any atom is 0.0678 e. The number of hydrogen-bond acceptors (Lipinski definition) is 4. The van der Waals surface area contributed by atoms with E-state index in [9.17, 15) is 0 Å². The normalized spacial score (nSPS) is 37.8. The minimum atomic E-state index is 0.203. The van der Waals surface area contributed by atoms with Gasteiger partial charge in [0.15, 0.2) is 0 Å². The average molecular weight is 283 g/mol. The first-order chi connectivity index (χ1) is 9.59. The van der Waals surface area contributed by atoms with E-state index in [1.807, 2.05) is 0 Å². The van der Waals surface area contributed by atoms with E-state index in [0.29, 0.717) is 12.2 Å². The molecule has 0 radical (unpaired) electrons. The second kappa shape index (κ2) is 7.21. The molecule has 118 valence electrons. The summed E-state index contributed by atoms with van der Waals surface area (Å²) in [6, 6.07) is 0. The van der Waals surface area contributed by atoms with Gasteiger partial charge >= 0.3 is 0 Å². The highest BCUT2D eigenvalue weighted by molar-refractivity contribution is 4.97. The lowest BCUT2D eigenvalue weighted by Gasteiger charge is -2.48. The number of nitrogens with two attached hydrogens (primary N) is 1. The first-order valence-corrected chi connectivity index (χ1v) is 8.42. The maximum atomic E-state index is 6.25. The van der Waals surface area contributed by atoms with E-state index in [0.717, 1.165) is 19.6 Å². The van der Waals surface area contributed by atoms with Crippen molar-refractivity contribution in [2.24, 2.45) is 5.73 Å². The Morgan fingerprint density at radius 1 is 1.15 bits per heavy atom. The van der Waals surface area contributed by atoms with Gasteiger partial charge in [0.25, 0.3) is 0 Å². The van der Waals surface area contributed by atoms with Gasteiger partial charge in [0.05, 0.1) is 12.2 Å². The summed E-state index contributed by atoms with van der Waals surface area (Å²) in [5.74, 6) is 0. The number of likely N-dealkylation sites (tertiary alicyclic amines) is 1. The lowest BCUT2D eigenvalue weighted by atomic mass is 9.87. The smallest absolute Gasteiger partial charge is 0.0678 e. The second-order valence-corrected chi connectivity index (χ2v) is 6.79. The molecule has 2 N–H and O–H groups in total. The number of rotatable bonds is 4. The SMILES string of the molecule is CCCN1CCCC(CN)(N2CC(C)OC(C)C2)CC1. The van der Waals surface area contributed by atoms with Gasteiger partial charge in [-0.25, -0.2) is 0 Å². The molecule has 2 aliphatic rings. The van der Waals surface area contributed by atoms with Crippen LogP contribution in [0.25, 0.3) is 0 Å². The van der Waals surface area contributed by atoms with Crippen molar-refractivity contribution in [3.05, 3.63) is 0 Å². The van der Waals surface area contributed by atoms with Crippen LogP contribution in [0.3, 0.4) is 0 Å². The molecule has 0 aromatic rings. The molecule has 2 saturated heterocycles. The molecule has 4 nitrogen and oxygen atoms in total. The van der Waals surface area contributed by atoms with E-state index in [1.165, 1.54) is 45.3 Å². The van der Waals surface area contributed by atoms with Crippen molar-refractivity contribution < 1.29 is 4.74 Å². The molecule has 0 saturated carbocycles. The Hall–Kier alpha value is -0.160. The maximum absolute atomic E-state index is 6.25. The van der Waals surface area contributed by atoms with Crippen LogP contribution in [0.5, 0.6) is 0 Å². The second-order valence-electron chi connectivity index (χ2n) is 6.79. The van der Waals surface area contributed by atoms with Crippen molar-refractivity contribution in [3.63, 3.8) is 0 Å². The first kappa shape index (κ1) is 16.2. The number of hydrogen-bond donors (Lipinski definition) is 1.